The lowest BCUT2D eigenvalue weighted by Gasteiger charge is -2.27. The zero-order chi connectivity index (χ0) is 21.1. The number of aliphatic imine (C=N–C) groups is 2. The van der Waals surface area contributed by atoms with E-state index >= 15 is 0 Å². The first-order valence-corrected chi connectivity index (χ1v) is 10.6. The predicted molar refractivity (Wildman–Crippen MR) is 121 cm³/mol. The van der Waals surface area contributed by atoms with Crippen LogP contribution in [0.2, 0.25) is 0 Å². The molecule has 2 aliphatic rings. The minimum absolute atomic E-state index is 0.0221. The van der Waals surface area contributed by atoms with Crippen molar-refractivity contribution in [2.24, 2.45) is 15.4 Å². The van der Waals surface area contributed by atoms with Gasteiger partial charge in [-0.2, -0.15) is 0 Å². The molecule has 0 saturated heterocycles. The van der Waals surface area contributed by atoms with Gasteiger partial charge in [0, 0.05) is 18.3 Å². The van der Waals surface area contributed by atoms with Gasteiger partial charge in [-0.25, -0.2) is 9.98 Å². The SMILES string of the molecule is CC(Cc1ccccn1)(C1=N[C@H](c2ccccc2)CO1)C1=N[C@H](c2ccccc2)CO1. The lowest BCUT2D eigenvalue weighted by Crippen LogP contribution is -2.39. The van der Waals surface area contributed by atoms with Crippen LogP contribution in [0.4, 0.5) is 0 Å². The van der Waals surface area contributed by atoms with Crippen LogP contribution >= 0.6 is 0 Å². The standard InChI is InChI=1S/C26H25N3O2/c1-26(16-21-14-8-9-15-27-21,24-28-22(17-30-24)19-10-4-2-5-11-19)25-29-23(18-31-25)20-12-6-3-7-13-20/h2-15,22-23H,16-18H2,1H3/t22-,23-/m0/s1. The maximum Gasteiger partial charge on any atom is 0.200 e. The van der Waals surface area contributed by atoms with Crippen LogP contribution < -0.4 is 0 Å². The average molecular weight is 412 g/mol. The Bertz CT molecular complexity index is 1020. The molecule has 0 N–H and O–H groups in total. The van der Waals surface area contributed by atoms with Gasteiger partial charge in [0.05, 0.1) is 0 Å². The highest BCUT2D eigenvalue weighted by Gasteiger charge is 2.45. The van der Waals surface area contributed by atoms with Gasteiger partial charge in [-0.3, -0.25) is 4.98 Å². The number of nitrogens with zero attached hydrogens (tertiary/aromatic N) is 3. The molecule has 2 aliphatic heterocycles. The largest absolute Gasteiger partial charge is 0.478 e. The Labute approximate surface area is 182 Å². The van der Waals surface area contributed by atoms with Crippen LogP contribution in [-0.4, -0.2) is 30.0 Å². The fourth-order valence-corrected chi connectivity index (χ4v) is 4.15. The van der Waals surface area contributed by atoms with Crippen molar-refractivity contribution in [2.75, 3.05) is 13.2 Å². The maximum absolute atomic E-state index is 6.17. The number of ether oxygens (including phenoxy) is 2. The van der Waals surface area contributed by atoms with Crippen molar-refractivity contribution in [3.63, 3.8) is 0 Å². The smallest absolute Gasteiger partial charge is 0.200 e. The first-order valence-electron chi connectivity index (χ1n) is 10.6. The third-order valence-electron chi connectivity index (χ3n) is 5.88. The third kappa shape index (κ3) is 3.96. The van der Waals surface area contributed by atoms with Crippen molar-refractivity contribution in [1.82, 2.24) is 4.98 Å². The molecule has 0 radical (unpaired) electrons. The molecule has 3 heterocycles. The van der Waals surface area contributed by atoms with E-state index in [1.807, 2.05) is 60.8 Å². The van der Waals surface area contributed by atoms with Crippen LogP contribution in [-0.2, 0) is 15.9 Å². The number of rotatable bonds is 6. The molecule has 0 saturated carbocycles. The highest BCUT2D eigenvalue weighted by Crippen LogP contribution is 2.37. The summed E-state index contributed by atoms with van der Waals surface area (Å²) in [7, 11) is 0. The van der Waals surface area contributed by atoms with Crippen molar-refractivity contribution in [2.45, 2.75) is 25.4 Å². The Kier molecular flexibility index (Phi) is 5.24. The summed E-state index contributed by atoms with van der Waals surface area (Å²) in [5.41, 5.74) is 2.62. The maximum atomic E-state index is 6.17. The van der Waals surface area contributed by atoms with Gasteiger partial charge in [-0.15, -0.1) is 0 Å². The van der Waals surface area contributed by atoms with E-state index in [4.69, 9.17) is 19.5 Å². The van der Waals surface area contributed by atoms with Gasteiger partial charge in [0.15, 0.2) is 11.8 Å². The van der Waals surface area contributed by atoms with Crippen molar-refractivity contribution in [3.05, 3.63) is 102 Å². The van der Waals surface area contributed by atoms with E-state index < -0.39 is 5.41 Å². The van der Waals surface area contributed by atoms with E-state index in [-0.39, 0.29) is 12.1 Å². The summed E-state index contributed by atoms with van der Waals surface area (Å²) >= 11 is 0. The Morgan fingerprint density at radius 3 is 1.74 bits per heavy atom. The summed E-state index contributed by atoms with van der Waals surface area (Å²) in [5, 5.41) is 0. The van der Waals surface area contributed by atoms with E-state index in [1.54, 1.807) is 0 Å². The normalized spacial score (nSPS) is 20.5. The van der Waals surface area contributed by atoms with Crippen LogP contribution in [0.3, 0.4) is 0 Å². The Balaban J connectivity index is 1.50. The summed E-state index contributed by atoms with van der Waals surface area (Å²) in [6.07, 6.45) is 2.42. The van der Waals surface area contributed by atoms with Gasteiger partial charge in [0.2, 0.25) is 0 Å². The number of pyridine rings is 1. The molecule has 2 atom stereocenters. The molecule has 0 unspecified atom stereocenters. The molecule has 1 aromatic heterocycles. The van der Waals surface area contributed by atoms with Crippen molar-refractivity contribution < 1.29 is 9.47 Å². The summed E-state index contributed by atoms with van der Waals surface area (Å²) in [6.45, 7) is 3.14. The summed E-state index contributed by atoms with van der Waals surface area (Å²) in [4.78, 5) is 14.5. The van der Waals surface area contributed by atoms with E-state index in [9.17, 15) is 0 Å². The zero-order valence-electron chi connectivity index (χ0n) is 17.5. The van der Waals surface area contributed by atoms with Gasteiger partial charge in [0.1, 0.15) is 30.7 Å². The molecule has 0 bridgehead atoms. The summed E-state index contributed by atoms with van der Waals surface area (Å²) < 4.78 is 12.3. The number of hydrogen-bond donors (Lipinski definition) is 0. The quantitative estimate of drug-likeness (QED) is 0.575. The molecule has 2 aromatic carbocycles. The molecule has 0 spiro atoms. The molecule has 5 rings (SSSR count). The number of hydrogen-bond acceptors (Lipinski definition) is 5. The van der Waals surface area contributed by atoms with Crippen LogP contribution in [0.5, 0.6) is 0 Å². The Morgan fingerprint density at radius 2 is 1.26 bits per heavy atom. The first-order chi connectivity index (χ1) is 15.2. The molecule has 3 aromatic rings. The van der Waals surface area contributed by atoms with Crippen LogP contribution in [0.15, 0.2) is 95.0 Å². The van der Waals surface area contributed by atoms with E-state index in [0.29, 0.717) is 31.4 Å². The Hall–Kier alpha value is -3.47. The van der Waals surface area contributed by atoms with Gasteiger partial charge < -0.3 is 9.47 Å². The number of benzene rings is 2. The Morgan fingerprint density at radius 1 is 0.742 bits per heavy atom. The van der Waals surface area contributed by atoms with Gasteiger partial charge in [-0.05, 0) is 30.2 Å². The molecule has 156 valence electrons. The second-order valence-corrected chi connectivity index (χ2v) is 8.17. The zero-order valence-corrected chi connectivity index (χ0v) is 17.5. The lowest BCUT2D eigenvalue weighted by atomic mass is 9.84. The van der Waals surface area contributed by atoms with Crippen molar-refractivity contribution in [1.29, 1.82) is 0 Å². The fraction of sp³-hybridized carbons (Fsp3) is 0.269. The molecule has 0 aliphatic carbocycles. The first kappa shape index (κ1) is 19.5. The predicted octanol–water partition coefficient (Wildman–Crippen LogP) is 4.97. The molecule has 0 amide bonds. The second-order valence-electron chi connectivity index (χ2n) is 8.17. The number of aromatic nitrogens is 1. The van der Waals surface area contributed by atoms with Gasteiger partial charge in [-0.1, -0.05) is 66.7 Å². The van der Waals surface area contributed by atoms with E-state index in [2.05, 4.69) is 36.2 Å². The van der Waals surface area contributed by atoms with E-state index in [1.165, 1.54) is 0 Å². The van der Waals surface area contributed by atoms with Crippen LogP contribution in [0, 0.1) is 5.41 Å². The average Bonchev–Trinajstić information content (AvgIpc) is 3.52. The lowest BCUT2D eigenvalue weighted by molar-refractivity contribution is 0.257. The fourth-order valence-electron chi connectivity index (χ4n) is 4.15. The third-order valence-corrected chi connectivity index (χ3v) is 5.88. The molecule has 31 heavy (non-hydrogen) atoms. The van der Waals surface area contributed by atoms with Gasteiger partial charge >= 0.3 is 0 Å². The molecule has 5 heteroatoms. The van der Waals surface area contributed by atoms with Crippen LogP contribution in [0.1, 0.15) is 35.8 Å². The monoisotopic (exact) mass is 411 g/mol. The van der Waals surface area contributed by atoms with Crippen molar-refractivity contribution in [3.8, 4) is 0 Å². The van der Waals surface area contributed by atoms with Crippen molar-refractivity contribution >= 4 is 11.8 Å². The highest BCUT2D eigenvalue weighted by molar-refractivity contribution is 6.06. The topological polar surface area (TPSA) is 56.1 Å². The molecular weight excluding hydrogens is 386 g/mol. The molecule has 5 nitrogen and oxygen atoms in total. The summed E-state index contributed by atoms with van der Waals surface area (Å²) in [5.74, 6) is 1.33. The molecular formula is C26H25N3O2. The minimum Gasteiger partial charge on any atom is -0.478 e. The van der Waals surface area contributed by atoms with Crippen LogP contribution in [0.25, 0.3) is 0 Å². The summed E-state index contributed by atoms with van der Waals surface area (Å²) in [6, 6.07) is 26.4. The van der Waals surface area contributed by atoms with E-state index in [0.717, 1.165) is 16.8 Å². The minimum atomic E-state index is -0.624. The highest BCUT2D eigenvalue weighted by atomic mass is 16.5. The molecule has 0 fully saturated rings. The second kappa shape index (κ2) is 8.34. The van der Waals surface area contributed by atoms with Gasteiger partial charge in [0.25, 0.3) is 0 Å².